The van der Waals surface area contributed by atoms with E-state index in [1.165, 1.54) is 0 Å². The third-order valence-corrected chi connectivity index (χ3v) is 4.24. The molecule has 1 aromatic heterocycles. The molecule has 0 radical (unpaired) electrons. The van der Waals surface area contributed by atoms with Crippen LogP contribution in [0.25, 0.3) is 16.9 Å². The molecule has 0 atom stereocenters. The van der Waals surface area contributed by atoms with Crippen molar-refractivity contribution in [2.24, 2.45) is 0 Å². The van der Waals surface area contributed by atoms with Crippen LogP contribution in [0.1, 0.15) is 0 Å². The van der Waals surface area contributed by atoms with Crippen LogP contribution in [0.5, 0.6) is 23.0 Å². The fraction of sp³-hybridized carbons (Fsp3) is 0.222. The second-order valence-electron chi connectivity index (χ2n) is 5.42. The molecule has 0 bridgehead atoms. The number of halogens is 1. The van der Waals surface area contributed by atoms with Crippen molar-refractivity contribution in [1.29, 1.82) is 0 Å². The van der Waals surface area contributed by atoms with E-state index in [2.05, 4.69) is 15.1 Å². The average Bonchev–Trinajstić information content (AvgIpc) is 3.21. The van der Waals surface area contributed by atoms with Crippen molar-refractivity contribution < 1.29 is 18.9 Å². The Hall–Kier alpha value is -3.13. The second-order valence-corrected chi connectivity index (χ2v) is 5.61. The standard InChI is InChI=1S/C18H19ClN4O4/c1-24-15-6-5-11(7-13(15)21-19)14-10-20-22-23(14)12-8-16(25-2)18(27-4)17(9-12)26-3/h5-10,21H,1-4H3. The molecule has 3 rings (SSSR count). The topological polar surface area (TPSA) is 79.7 Å². The number of nitrogens with one attached hydrogen (secondary N) is 1. The van der Waals surface area contributed by atoms with Gasteiger partial charge in [-0.3, -0.25) is 4.84 Å². The number of anilines is 1. The maximum absolute atomic E-state index is 5.80. The van der Waals surface area contributed by atoms with Gasteiger partial charge in [-0.25, -0.2) is 4.68 Å². The van der Waals surface area contributed by atoms with E-state index in [9.17, 15) is 0 Å². The molecule has 9 heteroatoms. The molecule has 0 saturated carbocycles. The van der Waals surface area contributed by atoms with Crippen LogP contribution in [0.4, 0.5) is 5.69 Å². The SMILES string of the molecule is COc1ccc(-c2cnnn2-c2cc(OC)c(OC)c(OC)c2)cc1NCl. The highest BCUT2D eigenvalue weighted by molar-refractivity contribution is 6.24. The van der Waals surface area contributed by atoms with Crippen LogP contribution in [-0.2, 0) is 0 Å². The molecule has 8 nitrogen and oxygen atoms in total. The lowest BCUT2D eigenvalue weighted by Gasteiger charge is -2.15. The van der Waals surface area contributed by atoms with Crippen LogP contribution in [0, 0.1) is 0 Å². The summed E-state index contributed by atoms with van der Waals surface area (Å²) in [6, 6.07) is 9.14. The predicted octanol–water partition coefficient (Wildman–Crippen LogP) is 3.53. The molecule has 0 aliphatic heterocycles. The van der Waals surface area contributed by atoms with Crippen LogP contribution in [0.3, 0.4) is 0 Å². The van der Waals surface area contributed by atoms with Crippen LogP contribution in [0.15, 0.2) is 36.5 Å². The van der Waals surface area contributed by atoms with E-state index in [4.69, 9.17) is 30.7 Å². The number of hydrogen-bond acceptors (Lipinski definition) is 7. The van der Waals surface area contributed by atoms with Gasteiger partial charge in [0.2, 0.25) is 5.75 Å². The van der Waals surface area contributed by atoms with Crippen LogP contribution in [-0.4, -0.2) is 43.4 Å². The summed E-state index contributed by atoms with van der Waals surface area (Å²) in [5.41, 5.74) is 2.93. The van der Waals surface area contributed by atoms with Gasteiger partial charge in [0.05, 0.1) is 51.7 Å². The molecule has 0 unspecified atom stereocenters. The number of ether oxygens (including phenoxy) is 4. The van der Waals surface area contributed by atoms with Gasteiger partial charge in [-0.15, -0.1) is 5.10 Å². The van der Waals surface area contributed by atoms with E-state index in [1.807, 2.05) is 18.2 Å². The Morgan fingerprint density at radius 1 is 0.889 bits per heavy atom. The largest absolute Gasteiger partial charge is 0.495 e. The molecule has 142 valence electrons. The van der Waals surface area contributed by atoms with Crippen LogP contribution < -0.4 is 23.8 Å². The second kappa shape index (κ2) is 8.05. The summed E-state index contributed by atoms with van der Waals surface area (Å²) in [7, 11) is 6.25. The first-order chi connectivity index (χ1) is 13.2. The highest BCUT2D eigenvalue weighted by atomic mass is 35.5. The minimum Gasteiger partial charge on any atom is -0.495 e. The number of methoxy groups -OCH3 is 4. The molecule has 1 N–H and O–H groups in total. The number of rotatable bonds is 7. The summed E-state index contributed by atoms with van der Waals surface area (Å²) in [5.74, 6) is 2.17. The Kier molecular flexibility index (Phi) is 5.56. The summed E-state index contributed by atoms with van der Waals surface area (Å²) in [5, 5.41) is 8.24. The zero-order valence-electron chi connectivity index (χ0n) is 15.3. The van der Waals surface area contributed by atoms with Gasteiger partial charge in [-0.05, 0) is 18.2 Å². The quantitative estimate of drug-likeness (QED) is 0.618. The van der Waals surface area contributed by atoms with Crippen molar-refractivity contribution in [3.05, 3.63) is 36.5 Å². The van der Waals surface area contributed by atoms with Crippen molar-refractivity contribution in [3.8, 4) is 39.9 Å². The van der Waals surface area contributed by atoms with E-state index >= 15 is 0 Å². The van der Waals surface area contributed by atoms with E-state index in [-0.39, 0.29) is 0 Å². The van der Waals surface area contributed by atoms with Gasteiger partial charge in [0.1, 0.15) is 5.75 Å². The fourth-order valence-corrected chi connectivity index (χ4v) is 2.90. The zero-order valence-corrected chi connectivity index (χ0v) is 16.1. The molecule has 0 amide bonds. The van der Waals surface area contributed by atoms with Crippen LogP contribution in [0.2, 0.25) is 0 Å². The third kappa shape index (κ3) is 3.43. The molecule has 0 saturated heterocycles. The maximum atomic E-state index is 5.80. The lowest BCUT2D eigenvalue weighted by molar-refractivity contribution is 0.324. The third-order valence-electron chi connectivity index (χ3n) is 4.04. The predicted molar refractivity (Wildman–Crippen MR) is 102 cm³/mol. The summed E-state index contributed by atoms with van der Waals surface area (Å²) in [6.07, 6.45) is 1.66. The Labute approximate surface area is 161 Å². The van der Waals surface area contributed by atoms with Crippen molar-refractivity contribution in [1.82, 2.24) is 15.0 Å². The summed E-state index contributed by atoms with van der Waals surface area (Å²) >= 11 is 5.80. The molecular weight excluding hydrogens is 372 g/mol. The molecule has 3 aromatic rings. The first-order valence-electron chi connectivity index (χ1n) is 7.93. The molecule has 0 aliphatic carbocycles. The monoisotopic (exact) mass is 390 g/mol. The van der Waals surface area contributed by atoms with E-state index in [1.54, 1.807) is 51.5 Å². The average molecular weight is 391 g/mol. The van der Waals surface area contributed by atoms with E-state index in [0.29, 0.717) is 34.4 Å². The molecule has 0 spiro atoms. The van der Waals surface area contributed by atoms with Crippen molar-refractivity contribution in [2.45, 2.75) is 0 Å². The minimum atomic E-state index is 0.503. The van der Waals surface area contributed by atoms with Crippen molar-refractivity contribution in [3.63, 3.8) is 0 Å². The number of benzene rings is 2. The smallest absolute Gasteiger partial charge is 0.203 e. The Bertz CT molecular complexity index is 920. The number of aromatic nitrogens is 3. The van der Waals surface area contributed by atoms with Gasteiger partial charge in [0.25, 0.3) is 0 Å². The highest BCUT2D eigenvalue weighted by Gasteiger charge is 2.17. The van der Waals surface area contributed by atoms with Gasteiger partial charge in [-0.1, -0.05) is 5.21 Å². The first kappa shape index (κ1) is 18.7. The van der Waals surface area contributed by atoms with Gasteiger partial charge < -0.3 is 18.9 Å². The molecule has 2 aromatic carbocycles. The van der Waals surface area contributed by atoms with Crippen molar-refractivity contribution in [2.75, 3.05) is 33.3 Å². The van der Waals surface area contributed by atoms with E-state index in [0.717, 1.165) is 11.3 Å². The highest BCUT2D eigenvalue weighted by Crippen LogP contribution is 2.40. The minimum absolute atomic E-state index is 0.503. The van der Waals surface area contributed by atoms with E-state index < -0.39 is 0 Å². The van der Waals surface area contributed by atoms with Crippen LogP contribution >= 0.6 is 11.8 Å². The Morgan fingerprint density at radius 2 is 1.56 bits per heavy atom. The summed E-state index contributed by atoms with van der Waals surface area (Å²) < 4.78 is 23.2. The summed E-state index contributed by atoms with van der Waals surface area (Å²) in [4.78, 5) is 2.60. The Balaban J connectivity index is 2.13. The number of hydrogen-bond donors (Lipinski definition) is 1. The van der Waals surface area contributed by atoms with Gasteiger partial charge in [0.15, 0.2) is 11.5 Å². The normalized spacial score (nSPS) is 10.4. The first-order valence-corrected chi connectivity index (χ1v) is 8.30. The lowest BCUT2D eigenvalue weighted by atomic mass is 10.1. The molecule has 27 heavy (non-hydrogen) atoms. The molecule has 0 aliphatic rings. The summed E-state index contributed by atoms with van der Waals surface area (Å²) in [6.45, 7) is 0. The molecular formula is C18H19ClN4O4. The van der Waals surface area contributed by atoms with Crippen molar-refractivity contribution >= 4 is 17.5 Å². The maximum Gasteiger partial charge on any atom is 0.203 e. The lowest BCUT2D eigenvalue weighted by Crippen LogP contribution is -2.03. The fourth-order valence-electron chi connectivity index (χ4n) is 2.75. The number of nitrogens with zero attached hydrogens (tertiary/aromatic N) is 3. The zero-order chi connectivity index (χ0) is 19.4. The Morgan fingerprint density at radius 3 is 2.11 bits per heavy atom. The van der Waals surface area contributed by atoms with Gasteiger partial charge in [-0.2, -0.15) is 0 Å². The molecule has 0 fully saturated rings. The van der Waals surface area contributed by atoms with Gasteiger partial charge >= 0.3 is 0 Å². The molecule has 1 heterocycles. The van der Waals surface area contributed by atoms with Gasteiger partial charge in [0, 0.05) is 29.5 Å².